The van der Waals surface area contributed by atoms with Crippen molar-refractivity contribution >= 4 is 23.2 Å². The fourth-order valence-electron chi connectivity index (χ4n) is 1.73. The van der Waals surface area contributed by atoms with Gasteiger partial charge < -0.3 is 0 Å². The number of hydrogen-bond acceptors (Lipinski definition) is 2. The largest absolute Gasteiger partial charge is 1.00 e. The topological polar surface area (TPSA) is 24.7 Å². The molecule has 2 nitrogen and oxygen atoms in total. The molecule has 3 rings (SSSR count). The molecule has 0 N–H and O–H groups in total. The molecular weight excluding hydrogens is 160 g/mol. The van der Waals surface area contributed by atoms with Crippen LogP contribution in [0.2, 0.25) is 0 Å². The molecule has 1 aromatic carbocycles. The third-order valence-electron chi connectivity index (χ3n) is 2.35. The van der Waals surface area contributed by atoms with Gasteiger partial charge in [-0.1, -0.05) is 18.2 Å². The SMILES string of the molecule is C1=NCC2=Nc3ccccc3C2=C1.[H+].[H+].[H+]. The van der Waals surface area contributed by atoms with Crippen LogP contribution in [0.1, 0.15) is 9.84 Å². The summed E-state index contributed by atoms with van der Waals surface area (Å²) in [6.07, 6.45) is 3.89. The number of nitrogens with zero attached hydrogens (tertiary/aromatic N) is 2. The lowest BCUT2D eigenvalue weighted by molar-refractivity contribution is 1.31. The molecule has 2 aliphatic heterocycles. The second kappa shape index (κ2) is 2.39. The number of para-hydroxylation sites is 1. The minimum absolute atomic E-state index is 0. The Morgan fingerprint density at radius 2 is 2.15 bits per heavy atom. The van der Waals surface area contributed by atoms with Crippen LogP contribution in [0, 0.1) is 0 Å². The highest BCUT2D eigenvalue weighted by Gasteiger charge is 2.20. The van der Waals surface area contributed by atoms with Crippen LogP contribution in [0.3, 0.4) is 0 Å². The van der Waals surface area contributed by atoms with Gasteiger partial charge in [0.2, 0.25) is 0 Å². The van der Waals surface area contributed by atoms with Crippen LogP contribution in [-0.4, -0.2) is 18.5 Å². The minimum Gasteiger partial charge on any atom is -0.287 e. The molecule has 0 amide bonds. The predicted molar refractivity (Wildman–Crippen MR) is 58.2 cm³/mol. The lowest BCUT2D eigenvalue weighted by atomic mass is 10.0. The number of benzene rings is 1. The van der Waals surface area contributed by atoms with E-state index >= 15 is 0 Å². The molecule has 62 valence electrons. The van der Waals surface area contributed by atoms with E-state index in [1.807, 2.05) is 30.5 Å². The molecule has 2 heteroatoms. The van der Waals surface area contributed by atoms with Crippen molar-refractivity contribution in [1.82, 2.24) is 0 Å². The molecule has 2 heterocycles. The van der Waals surface area contributed by atoms with E-state index in [1.54, 1.807) is 0 Å². The summed E-state index contributed by atoms with van der Waals surface area (Å²) in [5, 5.41) is 0. The first-order valence-electron chi connectivity index (χ1n) is 4.32. The van der Waals surface area contributed by atoms with Crippen molar-refractivity contribution in [2.75, 3.05) is 6.54 Å². The van der Waals surface area contributed by atoms with Gasteiger partial charge in [0.15, 0.2) is 0 Å². The Kier molecular flexibility index (Phi) is 1.25. The Hall–Kier alpha value is -1.70. The van der Waals surface area contributed by atoms with Gasteiger partial charge in [0.1, 0.15) is 0 Å². The van der Waals surface area contributed by atoms with Gasteiger partial charge in [-0.05, 0) is 12.1 Å². The Labute approximate surface area is 80.8 Å². The monoisotopic (exact) mass is 171 g/mol. The van der Waals surface area contributed by atoms with Gasteiger partial charge in [0.25, 0.3) is 0 Å². The Balaban J connectivity index is 0.000000750. The van der Waals surface area contributed by atoms with Crippen molar-refractivity contribution in [2.45, 2.75) is 0 Å². The molecule has 0 bridgehead atoms. The van der Waals surface area contributed by atoms with Crippen LogP contribution in [0.15, 0.2) is 40.3 Å². The van der Waals surface area contributed by atoms with E-state index in [0.717, 1.165) is 17.9 Å². The quantitative estimate of drug-likeness (QED) is 0.573. The molecule has 2 aliphatic rings. The molecule has 0 spiro atoms. The van der Waals surface area contributed by atoms with Crippen molar-refractivity contribution in [3.05, 3.63) is 35.9 Å². The van der Waals surface area contributed by atoms with Gasteiger partial charge >= 0.3 is 4.28 Å². The summed E-state index contributed by atoms with van der Waals surface area (Å²) in [4.78, 5) is 8.68. The fourth-order valence-corrected chi connectivity index (χ4v) is 1.73. The van der Waals surface area contributed by atoms with Gasteiger partial charge in [0, 0.05) is 17.4 Å². The van der Waals surface area contributed by atoms with Gasteiger partial charge in [0.05, 0.1) is 17.9 Å². The van der Waals surface area contributed by atoms with E-state index in [9.17, 15) is 0 Å². The molecule has 0 atom stereocenters. The zero-order valence-corrected chi connectivity index (χ0v) is 7.07. The second-order valence-corrected chi connectivity index (χ2v) is 3.15. The first kappa shape index (κ1) is 6.78. The standard InChI is InChI=1S/C11H8N2/c1-2-4-10-8(3-1)9-5-6-12-7-11(9)13-10/h1-6H,7H2/p+3. The molecule has 0 radical (unpaired) electrons. The van der Waals surface area contributed by atoms with Gasteiger partial charge in [-0.2, -0.15) is 0 Å². The summed E-state index contributed by atoms with van der Waals surface area (Å²) in [6.45, 7) is 0.723. The highest BCUT2D eigenvalue weighted by atomic mass is 14.9. The van der Waals surface area contributed by atoms with Crippen molar-refractivity contribution in [3.8, 4) is 0 Å². The van der Waals surface area contributed by atoms with E-state index in [2.05, 4.69) is 16.1 Å². The number of rotatable bonds is 0. The Morgan fingerprint density at radius 1 is 1.23 bits per heavy atom. The molecule has 0 aromatic heterocycles. The van der Waals surface area contributed by atoms with Crippen molar-refractivity contribution in [2.24, 2.45) is 9.98 Å². The van der Waals surface area contributed by atoms with E-state index in [-0.39, 0.29) is 4.28 Å². The highest BCUT2D eigenvalue weighted by molar-refractivity contribution is 6.32. The smallest absolute Gasteiger partial charge is 0.287 e. The van der Waals surface area contributed by atoms with Crippen molar-refractivity contribution in [3.63, 3.8) is 0 Å². The third-order valence-corrected chi connectivity index (χ3v) is 2.35. The predicted octanol–water partition coefficient (Wildman–Crippen LogP) is 2.58. The molecule has 0 aliphatic carbocycles. The number of dihydropyridines is 1. The summed E-state index contributed by atoms with van der Waals surface area (Å²) >= 11 is 0. The molecule has 0 saturated carbocycles. The van der Waals surface area contributed by atoms with Crippen LogP contribution in [0.25, 0.3) is 5.57 Å². The number of aliphatic imine (C=N–C) groups is 2. The van der Waals surface area contributed by atoms with Gasteiger partial charge in [-0.15, -0.1) is 0 Å². The van der Waals surface area contributed by atoms with Crippen LogP contribution < -0.4 is 0 Å². The van der Waals surface area contributed by atoms with E-state index in [1.165, 1.54) is 11.1 Å². The Morgan fingerprint density at radius 3 is 3.15 bits per heavy atom. The number of allylic oxidation sites excluding steroid dienone is 1. The first-order chi connectivity index (χ1) is 6.45. The van der Waals surface area contributed by atoms with Crippen LogP contribution >= 0.6 is 0 Å². The minimum atomic E-state index is 0. The maximum Gasteiger partial charge on any atom is 1.00 e. The summed E-state index contributed by atoms with van der Waals surface area (Å²) in [7, 11) is 0. The van der Waals surface area contributed by atoms with Crippen molar-refractivity contribution in [1.29, 1.82) is 0 Å². The lowest BCUT2D eigenvalue weighted by Crippen LogP contribution is -2.05. The van der Waals surface area contributed by atoms with Gasteiger partial charge in [-0.25, -0.2) is 0 Å². The summed E-state index contributed by atoms with van der Waals surface area (Å²) in [5.41, 5.74) is 4.66. The first-order valence-corrected chi connectivity index (χ1v) is 4.32. The molecule has 0 fully saturated rings. The molecule has 0 unspecified atom stereocenters. The van der Waals surface area contributed by atoms with E-state index < -0.39 is 0 Å². The Bertz CT molecular complexity index is 464. The normalized spacial score (nSPS) is 17.5. The average Bonchev–Trinajstić information content (AvgIpc) is 2.56. The molecular formula is C11H11N2+3. The van der Waals surface area contributed by atoms with E-state index in [0.29, 0.717) is 0 Å². The molecule has 13 heavy (non-hydrogen) atoms. The maximum absolute atomic E-state index is 4.51. The number of fused-ring (bicyclic) bond motifs is 3. The van der Waals surface area contributed by atoms with Crippen LogP contribution in [0.4, 0.5) is 5.69 Å². The average molecular weight is 171 g/mol. The zero-order chi connectivity index (χ0) is 8.67. The fraction of sp³-hybridized carbons (Fsp3) is 0.0909. The summed E-state index contributed by atoms with van der Waals surface area (Å²) in [6, 6.07) is 8.21. The van der Waals surface area contributed by atoms with Crippen LogP contribution in [0.5, 0.6) is 0 Å². The highest BCUT2D eigenvalue weighted by Crippen LogP contribution is 2.34. The second-order valence-electron chi connectivity index (χ2n) is 3.15. The van der Waals surface area contributed by atoms with E-state index in [4.69, 9.17) is 0 Å². The molecule has 0 saturated heterocycles. The van der Waals surface area contributed by atoms with Crippen LogP contribution in [-0.2, 0) is 0 Å². The number of hydrogen-bond donors (Lipinski definition) is 0. The van der Waals surface area contributed by atoms with Gasteiger partial charge in [-0.3, -0.25) is 9.98 Å². The molecule has 1 aromatic rings. The maximum atomic E-state index is 4.51. The summed E-state index contributed by atoms with van der Waals surface area (Å²) < 4.78 is 0. The lowest BCUT2D eigenvalue weighted by Gasteiger charge is -2.04. The zero-order valence-electron chi connectivity index (χ0n) is 10.1. The third kappa shape index (κ3) is 0.886. The van der Waals surface area contributed by atoms with Crippen molar-refractivity contribution < 1.29 is 4.28 Å². The summed E-state index contributed by atoms with van der Waals surface area (Å²) in [5.74, 6) is 0.